The van der Waals surface area contributed by atoms with Crippen molar-refractivity contribution in [2.45, 2.75) is 19.6 Å². The molecule has 0 fully saturated rings. The summed E-state index contributed by atoms with van der Waals surface area (Å²) < 4.78 is 0. The summed E-state index contributed by atoms with van der Waals surface area (Å²) in [5, 5.41) is 0.775. The smallest absolute Gasteiger partial charge is 0.292 e. The van der Waals surface area contributed by atoms with Crippen molar-refractivity contribution in [3.63, 3.8) is 0 Å². The number of nitrogens with zero attached hydrogens (tertiary/aromatic N) is 2. The average molecular weight is 176 g/mol. The van der Waals surface area contributed by atoms with Crippen molar-refractivity contribution in [1.82, 2.24) is 0 Å². The first-order valence-electron chi connectivity index (χ1n) is 2.58. The lowest BCUT2D eigenvalue weighted by Crippen LogP contribution is -2.29. The van der Waals surface area contributed by atoms with Gasteiger partial charge in [0.1, 0.15) is 0 Å². The lowest BCUT2D eigenvalue weighted by molar-refractivity contribution is 0.00376. The molecule has 2 nitrogen and oxygen atoms in total. The van der Waals surface area contributed by atoms with Crippen LogP contribution in [0.1, 0.15) is 0 Å². The highest BCUT2D eigenvalue weighted by Gasteiger charge is 2.28. The van der Waals surface area contributed by atoms with E-state index in [0.717, 1.165) is 5.08 Å². The lowest BCUT2D eigenvalue weighted by Gasteiger charge is -2.02. The minimum atomic E-state index is -1.40. The van der Waals surface area contributed by atoms with E-state index in [1.165, 1.54) is 0 Å². The fourth-order valence-corrected chi connectivity index (χ4v) is 4.31. The molecule has 0 aliphatic rings. The maximum Gasteiger partial charge on any atom is 0.292 e. The van der Waals surface area contributed by atoms with Gasteiger partial charge in [-0.2, -0.15) is 4.79 Å². The highest BCUT2D eigenvalue weighted by Crippen LogP contribution is 2.10. The largest absolute Gasteiger partial charge is 0.361 e. The molecule has 9 heavy (non-hydrogen) atoms. The molecule has 0 aliphatic heterocycles. The molecule has 0 aliphatic carbocycles. The second kappa shape index (κ2) is 3.33. The molecular formula is C4H9N2PSSi. The van der Waals surface area contributed by atoms with Crippen molar-refractivity contribution in [3.05, 3.63) is 5.53 Å². The van der Waals surface area contributed by atoms with E-state index < -0.39 is 8.07 Å². The van der Waals surface area contributed by atoms with Gasteiger partial charge in [0, 0.05) is 0 Å². The van der Waals surface area contributed by atoms with Crippen LogP contribution in [-0.4, -0.2) is 17.9 Å². The molecule has 0 saturated heterocycles. The Balaban J connectivity index is 4.53. The Morgan fingerprint density at radius 3 is 2.00 bits per heavy atom. The van der Waals surface area contributed by atoms with Gasteiger partial charge in [0.05, 0.1) is 7.36 Å². The third-order valence-electron chi connectivity index (χ3n) is 0.852. The van der Waals surface area contributed by atoms with E-state index in [9.17, 15) is 0 Å². The monoisotopic (exact) mass is 176 g/mol. The predicted octanol–water partition coefficient (Wildman–Crippen LogP) is 1.90. The minimum Gasteiger partial charge on any atom is -0.361 e. The van der Waals surface area contributed by atoms with Crippen molar-refractivity contribution in [2.24, 2.45) is 0 Å². The van der Waals surface area contributed by atoms with E-state index in [1.54, 1.807) is 0 Å². The van der Waals surface area contributed by atoms with E-state index in [0.29, 0.717) is 7.36 Å². The zero-order chi connectivity index (χ0) is 7.49. The van der Waals surface area contributed by atoms with E-state index in [-0.39, 0.29) is 0 Å². The molecule has 0 rings (SSSR count). The third kappa shape index (κ3) is 2.97. The first-order valence-corrected chi connectivity index (χ1v) is 7.99. The van der Waals surface area contributed by atoms with Crippen molar-refractivity contribution in [2.75, 3.05) is 0 Å². The SMILES string of the molecule is C[Si](C)(C)C(=[N+]=[N-])P=S. The molecule has 0 heterocycles. The van der Waals surface area contributed by atoms with Crippen molar-refractivity contribution in [1.29, 1.82) is 0 Å². The van der Waals surface area contributed by atoms with Gasteiger partial charge in [0.2, 0.25) is 0 Å². The molecule has 0 bridgehead atoms. The average Bonchev–Trinajstić information content (AvgIpc) is 1.65. The molecule has 0 aromatic heterocycles. The van der Waals surface area contributed by atoms with Crippen LogP contribution in [0.3, 0.4) is 0 Å². The summed E-state index contributed by atoms with van der Waals surface area (Å²) in [6, 6.07) is 0. The number of rotatable bonds is 2. The summed E-state index contributed by atoms with van der Waals surface area (Å²) in [6.45, 7) is 6.30. The van der Waals surface area contributed by atoms with E-state index >= 15 is 0 Å². The van der Waals surface area contributed by atoms with Crippen LogP contribution < -0.4 is 0 Å². The zero-order valence-corrected chi connectivity index (χ0v) is 8.46. The first-order chi connectivity index (χ1) is 4.02. The van der Waals surface area contributed by atoms with Crippen LogP contribution in [-0.2, 0) is 11.8 Å². The maximum absolute atomic E-state index is 8.41. The maximum atomic E-state index is 8.41. The molecule has 0 saturated carbocycles. The Morgan fingerprint density at radius 1 is 1.56 bits per heavy atom. The molecule has 0 aromatic rings. The van der Waals surface area contributed by atoms with Gasteiger partial charge >= 0.3 is 0 Å². The predicted molar refractivity (Wildman–Crippen MR) is 46.3 cm³/mol. The molecular weight excluding hydrogens is 167 g/mol. The Labute approximate surface area is 62.7 Å². The van der Waals surface area contributed by atoms with Crippen molar-refractivity contribution >= 4 is 32.3 Å². The van der Waals surface area contributed by atoms with E-state index in [1.807, 2.05) is 0 Å². The zero-order valence-electron chi connectivity index (χ0n) is 5.75. The summed E-state index contributed by atoms with van der Waals surface area (Å²) in [7, 11) is -0.720. The summed E-state index contributed by atoms with van der Waals surface area (Å²) in [4.78, 5) is 3.14. The summed E-state index contributed by atoms with van der Waals surface area (Å²) in [5.41, 5.74) is 8.41. The summed E-state index contributed by atoms with van der Waals surface area (Å²) >= 11 is 4.74. The van der Waals surface area contributed by atoms with Gasteiger partial charge < -0.3 is 5.53 Å². The van der Waals surface area contributed by atoms with Gasteiger partial charge in [-0.1, -0.05) is 19.6 Å². The molecule has 0 N–H and O–H groups in total. The van der Waals surface area contributed by atoms with Crippen LogP contribution in [0.5, 0.6) is 0 Å². The standard InChI is InChI=1S/C4H9N2PSSi/c1-9(2,3)4(6-5)7-8/h1-3H3. The van der Waals surface area contributed by atoms with Gasteiger partial charge in [-0.3, -0.25) is 0 Å². The summed E-state index contributed by atoms with van der Waals surface area (Å²) in [6.07, 6.45) is 0. The molecule has 50 valence electrons. The van der Waals surface area contributed by atoms with Gasteiger partial charge in [-0.25, -0.2) is 0 Å². The van der Waals surface area contributed by atoms with Gasteiger partial charge in [0.25, 0.3) is 5.08 Å². The highest BCUT2D eigenvalue weighted by atomic mass is 32.4. The molecule has 5 heteroatoms. The Morgan fingerprint density at radius 2 is 2.00 bits per heavy atom. The lowest BCUT2D eigenvalue weighted by atomic mass is 11.6. The van der Waals surface area contributed by atoms with Crippen LogP contribution in [0, 0.1) is 0 Å². The number of hydrogen-bond acceptors (Lipinski definition) is 1. The second-order valence-corrected chi connectivity index (χ2v) is 9.31. The van der Waals surface area contributed by atoms with Crippen molar-refractivity contribution < 1.29 is 4.79 Å². The Kier molecular flexibility index (Phi) is 3.37. The Hall–Kier alpha value is 0.117. The molecule has 0 atom stereocenters. The highest BCUT2D eigenvalue weighted by molar-refractivity contribution is 8.06. The van der Waals surface area contributed by atoms with Crippen LogP contribution in [0.2, 0.25) is 19.6 Å². The molecule has 0 radical (unpaired) electrons. The molecule has 0 aromatic carbocycles. The van der Waals surface area contributed by atoms with E-state index in [2.05, 4.69) is 24.4 Å². The first kappa shape index (κ1) is 9.12. The normalized spacial score (nSPS) is 11.0. The topological polar surface area (TPSA) is 36.4 Å². The van der Waals surface area contributed by atoms with Gasteiger partial charge in [0.15, 0.2) is 8.07 Å². The van der Waals surface area contributed by atoms with Crippen molar-refractivity contribution in [3.8, 4) is 0 Å². The fourth-order valence-electron chi connectivity index (χ4n) is 0.305. The van der Waals surface area contributed by atoms with Gasteiger partial charge in [-0.05, 0) is 11.8 Å². The van der Waals surface area contributed by atoms with E-state index in [4.69, 9.17) is 17.3 Å². The number of hydrogen-bond donors (Lipinski definition) is 0. The molecule has 0 spiro atoms. The molecule has 0 amide bonds. The van der Waals surface area contributed by atoms with Crippen LogP contribution in [0.25, 0.3) is 5.53 Å². The van der Waals surface area contributed by atoms with Crippen LogP contribution in [0.15, 0.2) is 0 Å². The second-order valence-electron chi connectivity index (χ2n) is 2.76. The van der Waals surface area contributed by atoms with Gasteiger partial charge in [-0.15, -0.1) is 0 Å². The quantitative estimate of drug-likeness (QED) is 0.208. The summed E-state index contributed by atoms with van der Waals surface area (Å²) in [5.74, 6) is 0. The van der Waals surface area contributed by atoms with Crippen LogP contribution in [0.4, 0.5) is 0 Å². The molecule has 0 unspecified atom stereocenters. The minimum absolute atomic E-state index is 0.684. The fraction of sp³-hybridized carbons (Fsp3) is 0.750. The third-order valence-corrected chi connectivity index (χ3v) is 5.91. The van der Waals surface area contributed by atoms with Crippen LogP contribution >= 0.6 is 7.36 Å². The Bertz CT molecular complexity index is 168.